The van der Waals surface area contributed by atoms with E-state index in [2.05, 4.69) is 4.98 Å². The number of rotatable bonds is 3. The molecule has 0 saturated carbocycles. The van der Waals surface area contributed by atoms with Crippen LogP contribution in [0.2, 0.25) is 0 Å². The molecule has 0 fully saturated rings. The van der Waals surface area contributed by atoms with Gasteiger partial charge in [0.05, 0.1) is 4.90 Å². The molecule has 0 unspecified atom stereocenters. The molecule has 4 nitrogen and oxygen atoms in total. The fourth-order valence-electron chi connectivity index (χ4n) is 1.39. The molecule has 1 heterocycles. The van der Waals surface area contributed by atoms with E-state index in [1.807, 2.05) is 13.0 Å². The molecule has 0 amide bonds. The standard InChI is InChI=1S/C13H13NO3S/c1-10-3-8-13(14-9-10)17-11-4-6-12(7-5-11)18(2,15)16/h3-9H,1-2H3. The zero-order valence-corrected chi connectivity index (χ0v) is 10.9. The van der Waals surface area contributed by atoms with Crippen molar-refractivity contribution in [3.63, 3.8) is 0 Å². The molecule has 94 valence electrons. The molecule has 0 aliphatic rings. The highest BCUT2D eigenvalue weighted by Crippen LogP contribution is 2.21. The van der Waals surface area contributed by atoms with E-state index in [1.165, 1.54) is 18.4 Å². The van der Waals surface area contributed by atoms with Crippen LogP contribution in [0, 0.1) is 6.92 Å². The first kappa shape index (κ1) is 12.6. The van der Waals surface area contributed by atoms with Crippen molar-refractivity contribution < 1.29 is 13.2 Å². The lowest BCUT2D eigenvalue weighted by atomic mass is 10.3. The molecule has 1 aromatic carbocycles. The highest BCUT2D eigenvalue weighted by atomic mass is 32.2. The summed E-state index contributed by atoms with van der Waals surface area (Å²) >= 11 is 0. The third-order valence-corrected chi connectivity index (χ3v) is 3.49. The van der Waals surface area contributed by atoms with Gasteiger partial charge in [0.15, 0.2) is 9.84 Å². The van der Waals surface area contributed by atoms with Crippen LogP contribution in [0.4, 0.5) is 0 Å². The van der Waals surface area contributed by atoms with E-state index in [4.69, 9.17) is 4.74 Å². The van der Waals surface area contributed by atoms with E-state index in [9.17, 15) is 8.42 Å². The fourth-order valence-corrected chi connectivity index (χ4v) is 2.02. The van der Waals surface area contributed by atoms with Crippen molar-refractivity contribution in [3.8, 4) is 11.6 Å². The van der Waals surface area contributed by atoms with E-state index in [-0.39, 0.29) is 4.90 Å². The molecule has 0 radical (unpaired) electrons. The Morgan fingerprint density at radius 1 is 1.06 bits per heavy atom. The van der Waals surface area contributed by atoms with Crippen LogP contribution >= 0.6 is 0 Å². The van der Waals surface area contributed by atoms with Gasteiger partial charge in [-0.25, -0.2) is 13.4 Å². The van der Waals surface area contributed by atoms with Gasteiger partial charge in [0.2, 0.25) is 5.88 Å². The lowest BCUT2D eigenvalue weighted by molar-refractivity contribution is 0.462. The second kappa shape index (κ2) is 4.78. The maximum atomic E-state index is 11.3. The smallest absolute Gasteiger partial charge is 0.219 e. The molecule has 0 bridgehead atoms. The number of nitrogens with zero attached hydrogens (tertiary/aromatic N) is 1. The van der Waals surface area contributed by atoms with Gasteiger partial charge in [-0.2, -0.15) is 0 Å². The van der Waals surface area contributed by atoms with Crippen LogP contribution in [0.5, 0.6) is 11.6 Å². The average molecular weight is 263 g/mol. The van der Waals surface area contributed by atoms with Gasteiger partial charge >= 0.3 is 0 Å². The van der Waals surface area contributed by atoms with Crippen LogP contribution in [0.1, 0.15) is 5.56 Å². The molecule has 1 aromatic heterocycles. The molecule has 5 heteroatoms. The number of aryl methyl sites for hydroxylation is 1. The first-order valence-electron chi connectivity index (χ1n) is 5.36. The summed E-state index contributed by atoms with van der Waals surface area (Å²) in [6, 6.07) is 9.90. The summed E-state index contributed by atoms with van der Waals surface area (Å²) in [5, 5.41) is 0. The van der Waals surface area contributed by atoms with E-state index >= 15 is 0 Å². The van der Waals surface area contributed by atoms with Gasteiger partial charge in [-0.3, -0.25) is 0 Å². The Morgan fingerprint density at radius 3 is 2.22 bits per heavy atom. The second-order valence-corrected chi connectivity index (χ2v) is 6.04. The Bertz CT molecular complexity index is 631. The van der Waals surface area contributed by atoms with Gasteiger partial charge in [0.1, 0.15) is 5.75 Å². The van der Waals surface area contributed by atoms with Crippen molar-refractivity contribution in [2.24, 2.45) is 0 Å². The minimum absolute atomic E-state index is 0.270. The topological polar surface area (TPSA) is 56.3 Å². The zero-order chi connectivity index (χ0) is 13.2. The number of sulfone groups is 1. The Kier molecular flexibility index (Phi) is 3.34. The minimum Gasteiger partial charge on any atom is -0.439 e. The molecule has 0 spiro atoms. The summed E-state index contributed by atoms with van der Waals surface area (Å²) in [4.78, 5) is 4.37. The van der Waals surface area contributed by atoms with Crippen molar-refractivity contribution in [3.05, 3.63) is 48.2 Å². The first-order valence-corrected chi connectivity index (χ1v) is 7.25. The lowest BCUT2D eigenvalue weighted by Crippen LogP contribution is -1.96. The summed E-state index contributed by atoms with van der Waals surface area (Å²) in [7, 11) is -3.17. The van der Waals surface area contributed by atoms with E-state index in [0.717, 1.165) is 5.56 Å². The number of ether oxygens (including phenoxy) is 1. The quantitative estimate of drug-likeness (QED) is 0.854. The molecular formula is C13H13NO3S. The fraction of sp³-hybridized carbons (Fsp3) is 0.154. The largest absolute Gasteiger partial charge is 0.439 e. The molecule has 18 heavy (non-hydrogen) atoms. The third kappa shape index (κ3) is 3.07. The Morgan fingerprint density at radius 2 is 1.72 bits per heavy atom. The number of hydrogen-bond acceptors (Lipinski definition) is 4. The monoisotopic (exact) mass is 263 g/mol. The second-order valence-electron chi connectivity index (χ2n) is 4.02. The van der Waals surface area contributed by atoms with Crippen LogP contribution in [0.15, 0.2) is 47.5 Å². The van der Waals surface area contributed by atoms with Gasteiger partial charge in [0.25, 0.3) is 0 Å². The minimum atomic E-state index is -3.17. The molecule has 0 atom stereocenters. The van der Waals surface area contributed by atoms with Crippen LogP contribution in [-0.2, 0) is 9.84 Å². The van der Waals surface area contributed by atoms with Crippen molar-refractivity contribution >= 4 is 9.84 Å². The Balaban J connectivity index is 2.18. The first-order chi connectivity index (χ1) is 8.45. The van der Waals surface area contributed by atoms with Gasteiger partial charge in [-0.05, 0) is 36.8 Å². The lowest BCUT2D eigenvalue weighted by Gasteiger charge is -2.05. The number of aromatic nitrogens is 1. The van der Waals surface area contributed by atoms with Gasteiger partial charge in [-0.1, -0.05) is 6.07 Å². The predicted octanol–water partition coefficient (Wildman–Crippen LogP) is 2.59. The SMILES string of the molecule is Cc1ccc(Oc2ccc(S(C)(=O)=O)cc2)nc1. The zero-order valence-electron chi connectivity index (χ0n) is 10.1. The number of hydrogen-bond donors (Lipinski definition) is 0. The number of pyridine rings is 1. The molecule has 0 saturated heterocycles. The summed E-state index contributed by atoms with van der Waals surface area (Å²) in [6.45, 7) is 1.94. The Labute approximate surface area is 106 Å². The third-order valence-electron chi connectivity index (χ3n) is 2.36. The highest BCUT2D eigenvalue weighted by Gasteiger charge is 2.06. The number of benzene rings is 1. The maximum Gasteiger partial charge on any atom is 0.219 e. The van der Waals surface area contributed by atoms with Crippen molar-refractivity contribution in [1.29, 1.82) is 0 Å². The molecule has 0 N–H and O–H groups in total. The normalized spacial score (nSPS) is 11.2. The summed E-state index contributed by atoms with van der Waals surface area (Å²) in [5.74, 6) is 1.03. The van der Waals surface area contributed by atoms with Gasteiger partial charge in [-0.15, -0.1) is 0 Å². The maximum absolute atomic E-state index is 11.3. The summed E-state index contributed by atoms with van der Waals surface area (Å²) < 4.78 is 28.1. The summed E-state index contributed by atoms with van der Waals surface area (Å²) in [6.07, 6.45) is 2.88. The van der Waals surface area contributed by atoms with Crippen LogP contribution < -0.4 is 4.74 Å². The van der Waals surface area contributed by atoms with E-state index < -0.39 is 9.84 Å². The van der Waals surface area contributed by atoms with Gasteiger partial charge < -0.3 is 4.74 Å². The molecule has 2 aromatic rings. The van der Waals surface area contributed by atoms with Crippen LogP contribution in [0.25, 0.3) is 0 Å². The average Bonchev–Trinajstić information content (AvgIpc) is 2.32. The highest BCUT2D eigenvalue weighted by molar-refractivity contribution is 7.90. The van der Waals surface area contributed by atoms with Crippen LogP contribution in [-0.4, -0.2) is 19.7 Å². The van der Waals surface area contributed by atoms with E-state index in [1.54, 1.807) is 24.4 Å². The van der Waals surface area contributed by atoms with Gasteiger partial charge in [0, 0.05) is 18.5 Å². The molecule has 0 aliphatic carbocycles. The van der Waals surface area contributed by atoms with Crippen LogP contribution in [0.3, 0.4) is 0 Å². The van der Waals surface area contributed by atoms with Crippen molar-refractivity contribution in [2.75, 3.05) is 6.26 Å². The molecule has 2 rings (SSSR count). The van der Waals surface area contributed by atoms with E-state index in [0.29, 0.717) is 11.6 Å². The molecule has 0 aliphatic heterocycles. The van der Waals surface area contributed by atoms with Crippen molar-refractivity contribution in [2.45, 2.75) is 11.8 Å². The Hall–Kier alpha value is -1.88. The summed E-state index contributed by atoms with van der Waals surface area (Å²) in [5.41, 5.74) is 1.05. The van der Waals surface area contributed by atoms with Crippen molar-refractivity contribution in [1.82, 2.24) is 4.98 Å². The molecular weight excluding hydrogens is 250 g/mol. The predicted molar refractivity (Wildman–Crippen MR) is 68.6 cm³/mol.